The fraction of sp³-hybridized carbons (Fsp3) is 0.412. The maximum Gasteiger partial charge on any atom is 0.143 e. The van der Waals surface area contributed by atoms with Gasteiger partial charge in [-0.3, -0.25) is 0 Å². The van der Waals surface area contributed by atoms with Crippen molar-refractivity contribution in [3.63, 3.8) is 0 Å². The van der Waals surface area contributed by atoms with Crippen LogP contribution >= 0.6 is 22.6 Å². The van der Waals surface area contributed by atoms with Gasteiger partial charge in [-0.1, -0.05) is 45.0 Å². The predicted molar refractivity (Wildman–Crippen MR) is 97.0 cm³/mol. The largest absolute Gasteiger partial charge is 0.372 e. The van der Waals surface area contributed by atoms with E-state index in [1.807, 2.05) is 7.05 Å². The first kappa shape index (κ1) is 16.2. The van der Waals surface area contributed by atoms with Crippen molar-refractivity contribution in [1.29, 1.82) is 0 Å². The van der Waals surface area contributed by atoms with E-state index in [0.717, 1.165) is 27.3 Å². The Hall–Kier alpha value is -1.17. The first-order valence-electron chi connectivity index (χ1n) is 7.12. The van der Waals surface area contributed by atoms with Crippen molar-refractivity contribution in [3.8, 4) is 0 Å². The smallest absolute Gasteiger partial charge is 0.143 e. The lowest BCUT2D eigenvalue weighted by Crippen LogP contribution is -2.19. The Kier molecular flexibility index (Phi) is 4.86. The quantitative estimate of drug-likeness (QED) is 0.787. The third kappa shape index (κ3) is 3.73. The van der Waals surface area contributed by atoms with Gasteiger partial charge in [0.05, 0.1) is 9.26 Å². The van der Waals surface area contributed by atoms with E-state index in [-0.39, 0.29) is 5.41 Å². The Bertz CT molecular complexity index is 645. The standard InChI is InChI=1S/C17H22IN3/c1-11-8-6-7-9-12(11)10-13-20-15(17(2,3)4)14(18)16(19-5)21-13/h6-9H,10H2,1-5H3,(H,19,20,21). The van der Waals surface area contributed by atoms with Crippen molar-refractivity contribution >= 4 is 28.4 Å². The summed E-state index contributed by atoms with van der Waals surface area (Å²) >= 11 is 2.33. The van der Waals surface area contributed by atoms with Crippen LogP contribution < -0.4 is 5.32 Å². The number of halogens is 1. The molecule has 0 saturated carbocycles. The number of anilines is 1. The first-order chi connectivity index (χ1) is 9.82. The van der Waals surface area contributed by atoms with Gasteiger partial charge in [0.15, 0.2) is 0 Å². The summed E-state index contributed by atoms with van der Waals surface area (Å²) in [6.07, 6.45) is 0.765. The lowest BCUT2D eigenvalue weighted by molar-refractivity contribution is 0.559. The number of rotatable bonds is 3. The molecule has 3 nitrogen and oxygen atoms in total. The van der Waals surface area contributed by atoms with Gasteiger partial charge >= 0.3 is 0 Å². The zero-order valence-electron chi connectivity index (χ0n) is 13.3. The minimum atomic E-state index is 0.00550. The zero-order valence-corrected chi connectivity index (χ0v) is 15.4. The highest BCUT2D eigenvalue weighted by Gasteiger charge is 2.23. The summed E-state index contributed by atoms with van der Waals surface area (Å²) in [4.78, 5) is 9.50. The molecular weight excluding hydrogens is 373 g/mol. The van der Waals surface area contributed by atoms with E-state index in [2.05, 4.69) is 84.9 Å². The minimum Gasteiger partial charge on any atom is -0.372 e. The summed E-state index contributed by atoms with van der Waals surface area (Å²) < 4.78 is 1.11. The molecule has 1 N–H and O–H groups in total. The molecule has 4 heteroatoms. The number of nitrogens with one attached hydrogen (secondary N) is 1. The van der Waals surface area contributed by atoms with Gasteiger partial charge in [-0.25, -0.2) is 9.97 Å². The van der Waals surface area contributed by atoms with Crippen molar-refractivity contribution < 1.29 is 0 Å². The average molecular weight is 395 g/mol. The van der Waals surface area contributed by atoms with Crippen LogP contribution in [0.3, 0.4) is 0 Å². The molecule has 2 aromatic rings. The van der Waals surface area contributed by atoms with Crippen molar-refractivity contribution in [2.75, 3.05) is 12.4 Å². The second-order valence-electron chi connectivity index (χ2n) is 6.25. The van der Waals surface area contributed by atoms with Gasteiger partial charge in [-0.2, -0.15) is 0 Å². The third-order valence-corrected chi connectivity index (χ3v) is 4.48. The monoisotopic (exact) mass is 395 g/mol. The molecule has 21 heavy (non-hydrogen) atoms. The number of hydrogen-bond acceptors (Lipinski definition) is 3. The van der Waals surface area contributed by atoms with Crippen LogP contribution in [-0.4, -0.2) is 17.0 Å². The molecular formula is C17H22IN3. The number of benzene rings is 1. The highest BCUT2D eigenvalue weighted by Crippen LogP contribution is 2.29. The van der Waals surface area contributed by atoms with Crippen LogP contribution in [0.5, 0.6) is 0 Å². The Morgan fingerprint density at radius 2 is 1.81 bits per heavy atom. The van der Waals surface area contributed by atoms with Gasteiger partial charge in [-0.15, -0.1) is 0 Å². The molecule has 0 amide bonds. The van der Waals surface area contributed by atoms with Gasteiger partial charge < -0.3 is 5.32 Å². The first-order valence-corrected chi connectivity index (χ1v) is 8.20. The van der Waals surface area contributed by atoms with Crippen molar-refractivity contribution in [2.24, 2.45) is 0 Å². The zero-order chi connectivity index (χ0) is 15.6. The summed E-state index contributed by atoms with van der Waals surface area (Å²) in [6.45, 7) is 8.70. The topological polar surface area (TPSA) is 37.8 Å². The fourth-order valence-electron chi connectivity index (χ4n) is 2.21. The van der Waals surface area contributed by atoms with E-state index in [1.54, 1.807) is 0 Å². The second kappa shape index (κ2) is 6.30. The van der Waals surface area contributed by atoms with Crippen LogP contribution in [0.25, 0.3) is 0 Å². The number of aryl methyl sites for hydroxylation is 1. The van der Waals surface area contributed by atoms with Crippen LogP contribution in [0.1, 0.15) is 43.4 Å². The predicted octanol–water partition coefficient (Wildman–Crippen LogP) is 4.32. The summed E-state index contributed by atoms with van der Waals surface area (Å²) in [5.74, 6) is 1.79. The van der Waals surface area contributed by atoms with Gasteiger partial charge in [0, 0.05) is 18.9 Å². The second-order valence-corrected chi connectivity index (χ2v) is 7.33. The van der Waals surface area contributed by atoms with E-state index >= 15 is 0 Å². The lowest BCUT2D eigenvalue weighted by atomic mass is 9.91. The van der Waals surface area contributed by atoms with Gasteiger partial charge in [-0.05, 0) is 40.6 Å². The summed E-state index contributed by atoms with van der Waals surface area (Å²) in [5.41, 5.74) is 3.67. The molecule has 0 aliphatic carbocycles. The third-order valence-electron chi connectivity index (χ3n) is 3.45. The minimum absolute atomic E-state index is 0.00550. The Morgan fingerprint density at radius 3 is 2.38 bits per heavy atom. The van der Waals surface area contributed by atoms with Crippen LogP contribution in [0.4, 0.5) is 5.82 Å². The Balaban J connectivity index is 2.48. The molecule has 0 bridgehead atoms. The Labute approximate surface area is 140 Å². The SMILES string of the molecule is CNc1nc(Cc2ccccc2C)nc(C(C)(C)C)c1I. The molecule has 2 rings (SSSR count). The van der Waals surface area contributed by atoms with Crippen LogP contribution in [0.2, 0.25) is 0 Å². The van der Waals surface area contributed by atoms with Gasteiger partial charge in [0.2, 0.25) is 0 Å². The van der Waals surface area contributed by atoms with Crippen LogP contribution in [0.15, 0.2) is 24.3 Å². The maximum atomic E-state index is 4.83. The molecule has 0 radical (unpaired) electrons. The summed E-state index contributed by atoms with van der Waals surface area (Å²) in [6, 6.07) is 8.41. The number of hydrogen-bond donors (Lipinski definition) is 1. The highest BCUT2D eigenvalue weighted by atomic mass is 127. The van der Waals surface area contributed by atoms with Crippen LogP contribution in [0, 0.1) is 10.5 Å². The molecule has 0 saturated heterocycles. The van der Waals surface area contributed by atoms with E-state index in [1.165, 1.54) is 11.1 Å². The van der Waals surface area contributed by atoms with Gasteiger partial charge in [0.25, 0.3) is 0 Å². The molecule has 0 atom stereocenters. The molecule has 1 aromatic carbocycles. The van der Waals surface area contributed by atoms with E-state index in [0.29, 0.717) is 0 Å². The Morgan fingerprint density at radius 1 is 1.14 bits per heavy atom. The molecule has 0 spiro atoms. The molecule has 1 heterocycles. The van der Waals surface area contributed by atoms with E-state index in [4.69, 9.17) is 4.98 Å². The molecule has 112 valence electrons. The molecule has 1 aromatic heterocycles. The number of nitrogens with zero attached hydrogens (tertiary/aromatic N) is 2. The van der Waals surface area contributed by atoms with Crippen molar-refractivity contribution in [2.45, 2.75) is 39.5 Å². The maximum absolute atomic E-state index is 4.83. The van der Waals surface area contributed by atoms with Crippen LogP contribution in [-0.2, 0) is 11.8 Å². The van der Waals surface area contributed by atoms with Crippen molar-refractivity contribution in [3.05, 3.63) is 50.5 Å². The van der Waals surface area contributed by atoms with E-state index < -0.39 is 0 Å². The molecule has 0 unspecified atom stereocenters. The molecule has 0 aliphatic rings. The lowest BCUT2D eigenvalue weighted by Gasteiger charge is -2.22. The van der Waals surface area contributed by atoms with Crippen molar-refractivity contribution in [1.82, 2.24) is 9.97 Å². The van der Waals surface area contributed by atoms with E-state index in [9.17, 15) is 0 Å². The normalized spacial score (nSPS) is 11.5. The fourth-order valence-corrected chi connectivity index (χ4v) is 3.53. The molecule has 0 aliphatic heterocycles. The summed E-state index contributed by atoms with van der Waals surface area (Å²) in [5, 5.41) is 3.19. The molecule has 0 fully saturated rings. The van der Waals surface area contributed by atoms with Gasteiger partial charge in [0.1, 0.15) is 11.6 Å². The average Bonchev–Trinajstić information content (AvgIpc) is 2.41. The summed E-state index contributed by atoms with van der Waals surface area (Å²) in [7, 11) is 1.91. The highest BCUT2D eigenvalue weighted by molar-refractivity contribution is 14.1. The number of aromatic nitrogens is 2.